The SMILES string of the molecule is CCOCCN(CC)C(=O)C1CCNCC1. The first-order valence-electron chi connectivity index (χ1n) is 6.36. The van der Waals surface area contributed by atoms with E-state index in [0.29, 0.717) is 12.5 Å². The smallest absolute Gasteiger partial charge is 0.225 e. The number of hydrogen-bond donors (Lipinski definition) is 1. The van der Waals surface area contributed by atoms with Crippen molar-refractivity contribution >= 4 is 5.91 Å². The van der Waals surface area contributed by atoms with Crippen LogP contribution in [0, 0.1) is 5.92 Å². The molecule has 1 aliphatic heterocycles. The maximum absolute atomic E-state index is 12.2. The van der Waals surface area contributed by atoms with Crippen LogP contribution in [0.1, 0.15) is 26.7 Å². The van der Waals surface area contributed by atoms with E-state index in [1.165, 1.54) is 0 Å². The Labute approximate surface area is 98.3 Å². The van der Waals surface area contributed by atoms with Crippen molar-refractivity contribution in [2.45, 2.75) is 26.7 Å². The quantitative estimate of drug-likeness (QED) is 0.686. The molecule has 1 heterocycles. The summed E-state index contributed by atoms with van der Waals surface area (Å²) >= 11 is 0. The van der Waals surface area contributed by atoms with Gasteiger partial charge < -0.3 is 15.0 Å². The number of carbonyl (C=O) groups is 1. The second kappa shape index (κ2) is 7.63. The largest absolute Gasteiger partial charge is 0.380 e. The molecule has 0 radical (unpaired) electrons. The third-order valence-corrected chi connectivity index (χ3v) is 3.09. The van der Waals surface area contributed by atoms with Gasteiger partial charge >= 0.3 is 0 Å². The zero-order valence-corrected chi connectivity index (χ0v) is 10.5. The maximum Gasteiger partial charge on any atom is 0.225 e. The fourth-order valence-corrected chi connectivity index (χ4v) is 2.07. The highest BCUT2D eigenvalue weighted by Gasteiger charge is 2.24. The molecule has 1 fully saturated rings. The minimum atomic E-state index is 0.225. The Bertz CT molecular complexity index is 203. The lowest BCUT2D eigenvalue weighted by Gasteiger charge is -2.28. The molecule has 0 saturated carbocycles. The Morgan fingerprint density at radius 3 is 2.62 bits per heavy atom. The van der Waals surface area contributed by atoms with Gasteiger partial charge in [-0.1, -0.05) is 0 Å². The molecule has 16 heavy (non-hydrogen) atoms. The van der Waals surface area contributed by atoms with Crippen molar-refractivity contribution in [1.82, 2.24) is 10.2 Å². The molecular formula is C12H24N2O2. The molecule has 4 heteroatoms. The summed E-state index contributed by atoms with van der Waals surface area (Å²) in [5, 5.41) is 3.28. The monoisotopic (exact) mass is 228 g/mol. The minimum absolute atomic E-state index is 0.225. The lowest BCUT2D eigenvalue weighted by Crippen LogP contribution is -2.42. The fourth-order valence-electron chi connectivity index (χ4n) is 2.07. The van der Waals surface area contributed by atoms with E-state index >= 15 is 0 Å². The van der Waals surface area contributed by atoms with Crippen LogP contribution in [0.5, 0.6) is 0 Å². The molecule has 0 unspecified atom stereocenters. The summed E-state index contributed by atoms with van der Waals surface area (Å²) < 4.78 is 5.30. The second-order valence-corrected chi connectivity index (χ2v) is 4.14. The Morgan fingerprint density at radius 2 is 2.06 bits per heavy atom. The number of ether oxygens (including phenoxy) is 1. The highest BCUT2D eigenvalue weighted by Crippen LogP contribution is 2.14. The van der Waals surface area contributed by atoms with Gasteiger partial charge in [0.15, 0.2) is 0 Å². The van der Waals surface area contributed by atoms with E-state index in [0.717, 1.165) is 45.6 Å². The van der Waals surface area contributed by atoms with Crippen LogP contribution in [0.3, 0.4) is 0 Å². The third-order valence-electron chi connectivity index (χ3n) is 3.09. The summed E-state index contributed by atoms with van der Waals surface area (Å²) in [7, 11) is 0. The Balaban J connectivity index is 2.35. The summed E-state index contributed by atoms with van der Waals surface area (Å²) in [6.07, 6.45) is 1.95. The highest BCUT2D eigenvalue weighted by atomic mass is 16.5. The minimum Gasteiger partial charge on any atom is -0.380 e. The van der Waals surface area contributed by atoms with E-state index in [2.05, 4.69) is 5.32 Å². The molecule has 0 bridgehead atoms. The van der Waals surface area contributed by atoms with E-state index in [1.54, 1.807) is 0 Å². The van der Waals surface area contributed by atoms with Gasteiger partial charge in [-0.15, -0.1) is 0 Å². The normalized spacial score (nSPS) is 17.4. The molecule has 0 spiro atoms. The molecule has 0 aliphatic carbocycles. The summed E-state index contributed by atoms with van der Waals surface area (Å²) in [5.74, 6) is 0.534. The van der Waals surface area contributed by atoms with Crippen molar-refractivity contribution in [1.29, 1.82) is 0 Å². The van der Waals surface area contributed by atoms with Crippen LogP contribution in [-0.4, -0.2) is 50.2 Å². The van der Waals surface area contributed by atoms with E-state index in [9.17, 15) is 4.79 Å². The molecule has 0 aromatic rings. The van der Waals surface area contributed by atoms with Gasteiger partial charge in [-0.2, -0.15) is 0 Å². The average Bonchev–Trinajstić information content (AvgIpc) is 2.35. The molecule has 94 valence electrons. The van der Waals surface area contributed by atoms with Crippen LogP contribution in [0.25, 0.3) is 0 Å². The van der Waals surface area contributed by atoms with Crippen molar-refractivity contribution in [3.8, 4) is 0 Å². The summed E-state index contributed by atoms with van der Waals surface area (Å²) in [6, 6.07) is 0. The molecule has 1 N–H and O–H groups in total. The predicted octanol–water partition coefficient (Wildman–Crippen LogP) is 0.871. The van der Waals surface area contributed by atoms with Crippen molar-refractivity contribution in [3.05, 3.63) is 0 Å². The molecule has 1 saturated heterocycles. The van der Waals surface area contributed by atoms with Crippen LogP contribution in [0.15, 0.2) is 0 Å². The molecular weight excluding hydrogens is 204 g/mol. The number of nitrogens with zero attached hydrogens (tertiary/aromatic N) is 1. The Morgan fingerprint density at radius 1 is 1.38 bits per heavy atom. The van der Waals surface area contributed by atoms with Crippen molar-refractivity contribution < 1.29 is 9.53 Å². The lowest BCUT2D eigenvalue weighted by atomic mass is 9.96. The van der Waals surface area contributed by atoms with Gasteiger partial charge in [-0.25, -0.2) is 0 Å². The first-order chi connectivity index (χ1) is 7.79. The topological polar surface area (TPSA) is 41.6 Å². The van der Waals surface area contributed by atoms with Crippen molar-refractivity contribution in [2.75, 3.05) is 39.4 Å². The molecule has 1 rings (SSSR count). The third kappa shape index (κ3) is 4.10. The zero-order chi connectivity index (χ0) is 11.8. The van der Waals surface area contributed by atoms with Gasteiger partial charge in [0.2, 0.25) is 5.91 Å². The fraction of sp³-hybridized carbons (Fsp3) is 0.917. The van der Waals surface area contributed by atoms with Crippen LogP contribution in [0.4, 0.5) is 0 Å². The van der Waals surface area contributed by atoms with Gasteiger partial charge in [-0.3, -0.25) is 4.79 Å². The van der Waals surface area contributed by atoms with Gasteiger partial charge in [0.1, 0.15) is 0 Å². The van der Waals surface area contributed by atoms with Crippen molar-refractivity contribution in [2.24, 2.45) is 5.92 Å². The molecule has 4 nitrogen and oxygen atoms in total. The number of piperidine rings is 1. The molecule has 0 atom stereocenters. The van der Waals surface area contributed by atoms with E-state index in [4.69, 9.17) is 4.74 Å². The zero-order valence-electron chi connectivity index (χ0n) is 10.5. The predicted molar refractivity (Wildman–Crippen MR) is 64.3 cm³/mol. The highest BCUT2D eigenvalue weighted by molar-refractivity contribution is 5.78. The van der Waals surface area contributed by atoms with Gasteiger partial charge in [-0.05, 0) is 39.8 Å². The number of amides is 1. The summed E-state index contributed by atoms with van der Waals surface area (Å²) in [5.41, 5.74) is 0. The number of hydrogen-bond acceptors (Lipinski definition) is 3. The van der Waals surface area contributed by atoms with E-state index < -0.39 is 0 Å². The lowest BCUT2D eigenvalue weighted by molar-refractivity contribution is -0.136. The molecule has 1 aliphatic rings. The molecule has 0 aromatic carbocycles. The average molecular weight is 228 g/mol. The Hall–Kier alpha value is -0.610. The van der Waals surface area contributed by atoms with Gasteiger partial charge in [0.05, 0.1) is 6.61 Å². The number of carbonyl (C=O) groups excluding carboxylic acids is 1. The van der Waals surface area contributed by atoms with E-state index in [1.807, 2.05) is 18.7 Å². The first kappa shape index (κ1) is 13.5. The summed E-state index contributed by atoms with van der Waals surface area (Å²) in [4.78, 5) is 14.1. The maximum atomic E-state index is 12.2. The Kier molecular flexibility index (Phi) is 6.42. The summed E-state index contributed by atoms with van der Waals surface area (Å²) in [6.45, 7) is 8.84. The number of likely N-dealkylation sites (N-methyl/N-ethyl adjacent to an activating group) is 1. The molecule has 0 aromatic heterocycles. The van der Waals surface area contributed by atoms with Crippen molar-refractivity contribution in [3.63, 3.8) is 0 Å². The standard InChI is InChI=1S/C12H24N2O2/c1-3-14(9-10-16-4-2)12(15)11-5-7-13-8-6-11/h11,13H,3-10H2,1-2H3. The number of nitrogens with one attached hydrogen (secondary N) is 1. The van der Waals surface area contributed by atoms with E-state index in [-0.39, 0.29) is 5.92 Å². The first-order valence-corrected chi connectivity index (χ1v) is 6.36. The van der Waals surface area contributed by atoms with Gasteiger partial charge in [0, 0.05) is 25.6 Å². The van der Waals surface area contributed by atoms with Crippen LogP contribution in [0.2, 0.25) is 0 Å². The number of rotatable bonds is 6. The second-order valence-electron chi connectivity index (χ2n) is 4.14. The van der Waals surface area contributed by atoms with Crippen LogP contribution < -0.4 is 5.32 Å². The van der Waals surface area contributed by atoms with Crippen LogP contribution in [-0.2, 0) is 9.53 Å². The van der Waals surface area contributed by atoms with Gasteiger partial charge in [0.25, 0.3) is 0 Å². The van der Waals surface area contributed by atoms with Crippen LogP contribution >= 0.6 is 0 Å². The molecule has 1 amide bonds.